The lowest BCUT2D eigenvalue weighted by Crippen LogP contribution is -2.10. The smallest absolute Gasteiger partial charge is 0.131 e. The van der Waals surface area contributed by atoms with E-state index in [0.29, 0.717) is 5.92 Å². The second-order valence-corrected chi connectivity index (χ2v) is 4.77. The number of aromatic nitrogens is 3. The number of anilines is 2. The van der Waals surface area contributed by atoms with Crippen LogP contribution in [0.5, 0.6) is 0 Å². The molecule has 0 aliphatic rings. The average molecular weight is 257 g/mol. The molecule has 19 heavy (non-hydrogen) atoms. The van der Waals surface area contributed by atoms with E-state index in [-0.39, 0.29) is 0 Å². The molecule has 2 aromatic heterocycles. The number of nitrogens with one attached hydrogen (secondary N) is 2. The zero-order valence-electron chi connectivity index (χ0n) is 11.3. The van der Waals surface area contributed by atoms with Crippen LogP contribution in [0.15, 0.2) is 36.9 Å². The first-order chi connectivity index (χ1) is 9.24. The van der Waals surface area contributed by atoms with Crippen LogP contribution in [-0.4, -0.2) is 21.5 Å². The predicted octanol–water partition coefficient (Wildman–Crippen LogP) is 2.55. The lowest BCUT2D eigenvalue weighted by atomic mass is 10.2. The van der Waals surface area contributed by atoms with Crippen molar-refractivity contribution in [2.45, 2.75) is 20.4 Å². The molecule has 2 aromatic rings. The van der Waals surface area contributed by atoms with Crippen LogP contribution >= 0.6 is 0 Å². The van der Waals surface area contributed by atoms with Crippen LogP contribution in [-0.2, 0) is 6.54 Å². The van der Waals surface area contributed by atoms with Gasteiger partial charge in [-0.15, -0.1) is 0 Å². The van der Waals surface area contributed by atoms with Crippen molar-refractivity contribution in [2.24, 2.45) is 5.92 Å². The number of pyridine rings is 1. The molecule has 0 aliphatic heterocycles. The average Bonchev–Trinajstić information content (AvgIpc) is 2.44. The van der Waals surface area contributed by atoms with Gasteiger partial charge in [-0.3, -0.25) is 4.98 Å². The highest BCUT2D eigenvalue weighted by molar-refractivity contribution is 5.46. The van der Waals surface area contributed by atoms with Crippen molar-refractivity contribution in [3.05, 3.63) is 42.5 Å². The lowest BCUT2D eigenvalue weighted by Gasteiger charge is -2.10. The summed E-state index contributed by atoms with van der Waals surface area (Å²) < 4.78 is 0. The first-order valence-electron chi connectivity index (χ1n) is 6.42. The standard InChI is InChI=1S/C14H19N5/c1-11(2)8-16-13-7-14(19-10-18-13)17-9-12-3-5-15-6-4-12/h3-7,10-11H,8-9H2,1-2H3,(H2,16,17,18,19). The first kappa shape index (κ1) is 13.3. The van der Waals surface area contributed by atoms with Crippen molar-refractivity contribution < 1.29 is 0 Å². The molecule has 0 aromatic carbocycles. The van der Waals surface area contributed by atoms with Crippen LogP contribution in [0.4, 0.5) is 11.6 Å². The van der Waals surface area contributed by atoms with Crippen LogP contribution in [0.3, 0.4) is 0 Å². The van der Waals surface area contributed by atoms with E-state index in [2.05, 4.69) is 39.4 Å². The molecular formula is C14H19N5. The van der Waals surface area contributed by atoms with Gasteiger partial charge < -0.3 is 10.6 Å². The minimum absolute atomic E-state index is 0.586. The quantitative estimate of drug-likeness (QED) is 0.832. The van der Waals surface area contributed by atoms with Gasteiger partial charge in [0.1, 0.15) is 18.0 Å². The fraction of sp³-hybridized carbons (Fsp3) is 0.357. The molecule has 0 amide bonds. The molecule has 2 N–H and O–H groups in total. The third-order valence-corrected chi connectivity index (χ3v) is 2.58. The lowest BCUT2D eigenvalue weighted by molar-refractivity contribution is 0.687. The van der Waals surface area contributed by atoms with Crippen molar-refractivity contribution in [3.8, 4) is 0 Å². The number of nitrogens with zero attached hydrogens (tertiary/aromatic N) is 3. The summed E-state index contributed by atoms with van der Waals surface area (Å²) in [7, 11) is 0. The fourth-order valence-corrected chi connectivity index (χ4v) is 1.55. The van der Waals surface area contributed by atoms with Crippen LogP contribution in [0.1, 0.15) is 19.4 Å². The van der Waals surface area contributed by atoms with E-state index in [0.717, 1.165) is 24.7 Å². The van der Waals surface area contributed by atoms with Gasteiger partial charge >= 0.3 is 0 Å². The monoisotopic (exact) mass is 257 g/mol. The van der Waals surface area contributed by atoms with E-state index in [1.54, 1.807) is 18.7 Å². The van der Waals surface area contributed by atoms with Crippen LogP contribution in [0.2, 0.25) is 0 Å². The summed E-state index contributed by atoms with van der Waals surface area (Å²) in [6.45, 7) is 5.96. The minimum atomic E-state index is 0.586. The number of rotatable bonds is 6. The molecule has 2 heterocycles. The zero-order valence-corrected chi connectivity index (χ0v) is 11.3. The van der Waals surface area contributed by atoms with E-state index in [4.69, 9.17) is 0 Å². The SMILES string of the molecule is CC(C)CNc1cc(NCc2ccncc2)ncn1. The third kappa shape index (κ3) is 4.54. The van der Waals surface area contributed by atoms with E-state index < -0.39 is 0 Å². The summed E-state index contributed by atoms with van der Waals surface area (Å²) in [5, 5.41) is 6.55. The van der Waals surface area contributed by atoms with Crippen molar-refractivity contribution in [1.82, 2.24) is 15.0 Å². The first-order valence-corrected chi connectivity index (χ1v) is 6.42. The Hall–Kier alpha value is -2.17. The molecule has 0 saturated heterocycles. The second kappa shape index (κ2) is 6.68. The molecule has 0 spiro atoms. The number of hydrogen-bond donors (Lipinski definition) is 2. The van der Waals surface area contributed by atoms with Crippen molar-refractivity contribution in [3.63, 3.8) is 0 Å². The van der Waals surface area contributed by atoms with E-state index in [1.165, 1.54) is 5.56 Å². The summed E-state index contributed by atoms with van der Waals surface area (Å²) in [4.78, 5) is 12.4. The fourth-order valence-electron chi connectivity index (χ4n) is 1.55. The third-order valence-electron chi connectivity index (χ3n) is 2.58. The van der Waals surface area contributed by atoms with Gasteiger partial charge in [0.25, 0.3) is 0 Å². The van der Waals surface area contributed by atoms with E-state index in [9.17, 15) is 0 Å². The highest BCUT2D eigenvalue weighted by Gasteiger charge is 2.00. The Bertz CT molecular complexity index is 498. The molecule has 0 unspecified atom stereocenters. The summed E-state index contributed by atoms with van der Waals surface area (Å²) >= 11 is 0. The van der Waals surface area contributed by atoms with Crippen molar-refractivity contribution in [2.75, 3.05) is 17.2 Å². The van der Waals surface area contributed by atoms with Gasteiger partial charge in [0.05, 0.1) is 0 Å². The van der Waals surface area contributed by atoms with E-state index in [1.807, 2.05) is 18.2 Å². The largest absolute Gasteiger partial charge is 0.370 e. The molecule has 0 atom stereocenters. The normalized spacial score (nSPS) is 10.5. The molecule has 0 radical (unpaired) electrons. The summed E-state index contributed by atoms with van der Waals surface area (Å²) in [5.74, 6) is 2.25. The van der Waals surface area contributed by atoms with Gasteiger partial charge in [0.2, 0.25) is 0 Å². The van der Waals surface area contributed by atoms with Gasteiger partial charge in [0.15, 0.2) is 0 Å². The van der Waals surface area contributed by atoms with Gasteiger partial charge in [-0.1, -0.05) is 13.8 Å². The summed E-state index contributed by atoms with van der Waals surface area (Å²) in [6.07, 6.45) is 5.14. The topological polar surface area (TPSA) is 62.7 Å². The maximum atomic E-state index is 4.20. The molecule has 2 rings (SSSR count). The predicted molar refractivity (Wildman–Crippen MR) is 76.9 cm³/mol. The van der Waals surface area contributed by atoms with Crippen molar-refractivity contribution in [1.29, 1.82) is 0 Å². The second-order valence-electron chi connectivity index (χ2n) is 4.77. The van der Waals surface area contributed by atoms with Crippen LogP contribution in [0.25, 0.3) is 0 Å². The maximum absolute atomic E-state index is 4.20. The Morgan fingerprint density at radius 1 is 1.05 bits per heavy atom. The molecule has 0 fully saturated rings. The van der Waals surface area contributed by atoms with Gasteiger partial charge in [-0.05, 0) is 23.6 Å². The molecular weight excluding hydrogens is 238 g/mol. The zero-order chi connectivity index (χ0) is 13.5. The van der Waals surface area contributed by atoms with Gasteiger partial charge in [-0.25, -0.2) is 9.97 Å². The molecule has 0 saturated carbocycles. The Morgan fingerprint density at radius 3 is 2.42 bits per heavy atom. The van der Waals surface area contributed by atoms with Gasteiger partial charge in [-0.2, -0.15) is 0 Å². The minimum Gasteiger partial charge on any atom is -0.370 e. The molecule has 0 aliphatic carbocycles. The van der Waals surface area contributed by atoms with Crippen LogP contribution in [0, 0.1) is 5.92 Å². The molecule has 5 heteroatoms. The Kier molecular flexibility index (Phi) is 4.66. The molecule has 0 bridgehead atoms. The summed E-state index contributed by atoms with van der Waals surface area (Å²) in [6, 6.07) is 5.88. The maximum Gasteiger partial charge on any atom is 0.131 e. The molecule has 5 nitrogen and oxygen atoms in total. The highest BCUT2D eigenvalue weighted by Crippen LogP contribution is 2.10. The van der Waals surface area contributed by atoms with Crippen LogP contribution < -0.4 is 10.6 Å². The Morgan fingerprint density at radius 2 is 1.74 bits per heavy atom. The molecule has 100 valence electrons. The van der Waals surface area contributed by atoms with E-state index >= 15 is 0 Å². The summed E-state index contributed by atoms with van der Waals surface area (Å²) in [5.41, 5.74) is 1.17. The van der Waals surface area contributed by atoms with Gasteiger partial charge in [0, 0.05) is 31.5 Å². The highest BCUT2D eigenvalue weighted by atomic mass is 15.1. The number of hydrogen-bond acceptors (Lipinski definition) is 5. The Balaban J connectivity index is 1.91. The van der Waals surface area contributed by atoms with Crippen molar-refractivity contribution >= 4 is 11.6 Å². The Labute approximate surface area is 113 Å².